The highest BCUT2D eigenvalue weighted by atomic mass is 28.4. The van der Waals surface area contributed by atoms with E-state index in [0.717, 1.165) is 35.3 Å². The zero-order valence-electron chi connectivity index (χ0n) is 38.9. The van der Waals surface area contributed by atoms with Gasteiger partial charge in [0.25, 0.3) is 8.32 Å². The maximum absolute atomic E-state index is 15.3. The molecule has 0 aromatic heterocycles. The van der Waals surface area contributed by atoms with Gasteiger partial charge < -0.3 is 28.9 Å². The Bertz CT molecular complexity index is 2250. The number of hydrogen-bond acceptors (Lipinski definition) is 7. The second kappa shape index (κ2) is 21.6. The number of amides is 2. The van der Waals surface area contributed by atoms with Crippen LogP contribution in [0.15, 0.2) is 146 Å². The maximum Gasteiger partial charge on any atom is 0.328 e. The van der Waals surface area contributed by atoms with Gasteiger partial charge in [0.2, 0.25) is 11.8 Å². The molecule has 0 bridgehead atoms. The average molecular weight is 895 g/mol. The molecule has 7 rings (SSSR count). The lowest BCUT2D eigenvalue weighted by Gasteiger charge is -2.47. The molecule has 0 unspecified atom stereocenters. The molecule has 2 fully saturated rings. The van der Waals surface area contributed by atoms with Crippen LogP contribution in [0.3, 0.4) is 0 Å². The first-order valence-electron chi connectivity index (χ1n) is 23.3. The van der Waals surface area contributed by atoms with Gasteiger partial charge >= 0.3 is 5.97 Å². The first-order chi connectivity index (χ1) is 31.4. The van der Waals surface area contributed by atoms with Gasteiger partial charge in [-0.05, 0) is 81.8 Å². The third kappa shape index (κ3) is 11.1. The van der Waals surface area contributed by atoms with Gasteiger partial charge in [0.15, 0.2) is 0 Å². The highest BCUT2D eigenvalue weighted by Gasteiger charge is 2.55. The zero-order valence-corrected chi connectivity index (χ0v) is 39.9. The van der Waals surface area contributed by atoms with Crippen LogP contribution < -0.4 is 20.4 Å². The van der Waals surface area contributed by atoms with Crippen molar-refractivity contribution in [1.29, 1.82) is 0 Å². The highest BCUT2D eigenvalue weighted by Crippen LogP contribution is 2.45. The molecule has 10 heteroatoms. The molecule has 1 aliphatic carbocycles. The van der Waals surface area contributed by atoms with Crippen molar-refractivity contribution >= 4 is 36.5 Å². The molecule has 1 saturated carbocycles. The lowest BCUT2D eigenvalue weighted by molar-refractivity contribution is -0.155. The lowest BCUT2D eigenvalue weighted by atomic mass is 9.83. The number of nitrogens with one attached hydrogen (secondary N) is 1. The number of nitrogens with zero attached hydrogens (tertiary/aromatic N) is 1. The zero-order chi connectivity index (χ0) is 46.0. The minimum atomic E-state index is -2.92. The Morgan fingerprint density at radius 1 is 0.723 bits per heavy atom. The summed E-state index contributed by atoms with van der Waals surface area (Å²) in [6, 6.07) is 46.7. The Morgan fingerprint density at radius 3 is 1.82 bits per heavy atom. The van der Waals surface area contributed by atoms with E-state index in [2.05, 4.69) is 74.6 Å². The van der Waals surface area contributed by atoms with Crippen molar-refractivity contribution in [2.75, 3.05) is 7.11 Å². The van der Waals surface area contributed by atoms with Gasteiger partial charge in [-0.1, -0.05) is 174 Å². The standard InChI is InChI=1S/C55H66N2O7Si/c1-7-39(2)51(56-52(58)50(63-38-42-22-14-9-15-23-42)34-40-28-31-44(32-29-40)62-37-41-20-12-8-13-21-41)53(59)57-48-36-45(33-30-43(48)35-49(57)54(60)61-6)64-65(55(3,4)5,46-24-16-10-17-25-46)47-26-18-11-19-27-47/h8-29,31-32,39,43,45,48-51H,7,30,33-38H2,1-6H3,(H,56,58)/t39-,43-,45+,48-,49-,50+,51+/m0/s1. The van der Waals surface area contributed by atoms with Crippen molar-refractivity contribution in [2.24, 2.45) is 11.8 Å². The molecule has 342 valence electrons. The van der Waals surface area contributed by atoms with Gasteiger partial charge in [-0.15, -0.1) is 0 Å². The monoisotopic (exact) mass is 894 g/mol. The van der Waals surface area contributed by atoms with Crippen molar-refractivity contribution < 1.29 is 33.0 Å². The van der Waals surface area contributed by atoms with Crippen LogP contribution in [0.1, 0.15) is 83.4 Å². The van der Waals surface area contributed by atoms with E-state index in [1.165, 1.54) is 17.5 Å². The largest absolute Gasteiger partial charge is 0.489 e. The minimum absolute atomic E-state index is 0.0805. The predicted molar refractivity (Wildman–Crippen MR) is 258 cm³/mol. The van der Waals surface area contributed by atoms with Gasteiger partial charge in [-0.25, -0.2) is 4.79 Å². The Balaban J connectivity index is 1.14. The van der Waals surface area contributed by atoms with Crippen molar-refractivity contribution in [3.8, 4) is 5.75 Å². The summed E-state index contributed by atoms with van der Waals surface area (Å²) < 4.78 is 25.5. The molecule has 2 aliphatic rings. The fourth-order valence-electron chi connectivity index (χ4n) is 9.90. The summed E-state index contributed by atoms with van der Waals surface area (Å²) in [6.45, 7) is 11.5. The lowest BCUT2D eigenvalue weighted by Crippen LogP contribution is -2.68. The van der Waals surface area contributed by atoms with Crippen LogP contribution in [-0.4, -0.2) is 68.4 Å². The first kappa shape index (κ1) is 47.4. The van der Waals surface area contributed by atoms with Crippen LogP contribution in [0.25, 0.3) is 0 Å². The van der Waals surface area contributed by atoms with Crippen LogP contribution in [0, 0.1) is 11.8 Å². The van der Waals surface area contributed by atoms with E-state index in [9.17, 15) is 9.59 Å². The molecule has 0 spiro atoms. The predicted octanol–water partition coefficient (Wildman–Crippen LogP) is 8.81. The van der Waals surface area contributed by atoms with E-state index < -0.39 is 32.5 Å². The van der Waals surface area contributed by atoms with Gasteiger partial charge in [-0.3, -0.25) is 9.59 Å². The average Bonchev–Trinajstić information content (AvgIpc) is 3.72. The maximum atomic E-state index is 15.3. The molecule has 1 heterocycles. The Hall–Kier alpha value is -5.55. The van der Waals surface area contributed by atoms with E-state index in [1.807, 2.05) is 111 Å². The number of carbonyl (C=O) groups excluding carboxylic acids is 3. The van der Waals surface area contributed by atoms with E-state index >= 15 is 4.79 Å². The number of fused-ring (bicyclic) bond motifs is 1. The summed E-state index contributed by atoms with van der Waals surface area (Å²) in [5.41, 5.74) is 2.89. The normalized spacial score (nSPS) is 19.9. The van der Waals surface area contributed by atoms with Gasteiger partial charge in [0, 0.05) is 18.6 Å². The Labute approximate surface area is 387 Å². The molecule has 7 atom stereocenters. The molecule has 1 N–H and O–H groups in total. The molecule has 0 radical (unpaired) electrons. The summed E-state index contributed by atoms with van der Waals surface area (Å²) in [4.78, 5) is 45.4. The molecule has 9 nitrogen and oxygen atoms in total. The van der Waals surface area contributed by atoms with E-state index in [-0.39, 0.29) is 53.9 Å². The fraction of sp³-hybridized carbons (Fsp3) is 0.400. The molecule has 2 amide bonds. The van der Waals surface area contributed by atoms with Crippen LogP contribution in [0.5, 0.6) is 5.75 Å². The summed E-state index contributed by atoms with van der Waals surface area (Å²) in [5, 5.41) is 5.35. The second-order valence-electron chi connectivity index (χ2n) is 18.8. The first-order valence-corrected chi connectivity index (χ1v) is 25.2. The van der Waals surface area contributed by atoms with Crippen LogP contribution in [-0.2, 0) is 47.9 Å². The molecule has 5 aromatic carbocycles. The number of benzene rings is 5. The number of likely N-dealkylation sites (tertiary alicyclic amines) is 1. The summed E-state index contributed by atoms with van der Waals surface area (Å²) in [5.74, 6) is -0.539. The topological polar surface area (TPSA) is 103 Å². The smallest absolute Gasteiger partial charge is 0.328 e. The molecule has 1 aliphatic heterocycles. The number of esters is 1. The minimum Gasteiger partial charge on any atom is -0.489 e. The van der Waals surface area contributed by atoms with E-state index in [4.69, 9.17) is 18.6 Å². The SMILES string of the molecule is CC[C@H](C)[C@@H](NC(=O)[C@@H](Cc1ccc(OCc2ccccc2)cc1)OCc1ccccc1)C(=O)N1[C@H](C(=O)OC)C[C@@H]2CC[C@@H](O[Si](c3ccccc3)(c3ccccc3)C(C)(C)C)C[C@@H]21. The summed E-state index contributed by atoms with van der Waals surface area (Å²) in [7, 11) is -1.53. The second-order valence-corrected chi connectivity index (χ2v) is 23.1. The number of rotatable bonds is 18. The molecule has 5 aromatic rings. The Kier molecular flexibility index (Phi) is 15.8. The number of carbonyl (C=O) groups is 3. The van der Waals surface area contributed by atoms with Crippen molar-refractivity contribution in [1.82, 2.24) is 10.2 Å². The quantitative estimate of drug-likeness (QED) is 0.0693. The number of methoxy groups -OCH3 is 1. The number of ether oxygens (including phenoxy) is 3. The molecule has 65 heavy (non-hydrogen) atoms. The molecular formula is C55H66N2O7Si. The molecular weight excluding hydrogens is 829 g/mol. The van der Waals surface area contributed by atoms with Crippen LogP contribution in [0.2, 0.25) is 5.04 Å². The fourth-order valence-corrected chi connectivity index (χ4v) is 14.6. The highest BCUT2D eigenvalue weighted by molar-refractivity contribution is 6.99. The summed E-state index contributed by atoms with van der Waals surface area (Å²) >= 11 is 0. The molecule has 1 saturated heterocycles. The van der Waals surface area contributed by atoms with Gasteiger partial charge in [0.05, 0.1) is 13.7 Å². The van der Waals surface area contributed by atoms with Crippen molar-refractivity contribution in [2.45, 2.75) is 122 Å². The third-order valence-corrected chi connectivity index (χ3v) is 18.7. The van der Waals surface area contributed by atoms with Crippen molar-refractivity contribution in [3.05, 3.63) is 162 Å². The van der Waals surface area contributed by atoms with Crippen LogP contribution >= 0.6 is 0 Å². The van der Waals surface area contributed by atoms with Crippen LogP contribution in [0.4, 0.5) is 0 Å². The van der Waals surface area contributed by atoms with Gasteiger partial charge in [-0.2, -0.15) is 0 Å². The van der Waals surface area contributed by atoms with Gasteiger partial charge in [0.1, 0.15) is 30.5 Å². The van der Waals surface area contributed by atoms with E-state index in [1.54, 1.807) is 4.90 Å². The Morgan fingerprint density at radius 2 is 1.28 bits per heavy atom. The number of hydrogen-bond donors (Lipinski definition) is 1. The summed E-state index contributed by atoms with van der Waals surface area (Å²) in [6.07, 6.45) is 2.52. The van der Waals surface area contributed by atoms with Crippen molar-refractivity contribution in [3.63, 3.8) is 0 Å². The van der Waals surface area contributed by atoms with E-state index in [0.29, 0.717) is 25.9 Å². The third-order valence-electron chi connectivity index (χ3n) is 13.6.